The fourth-order valence-electron chi connectivity index (χ4n) is 0.558. The van der Waals surface area contributed by atoms with Crippen molar-refractivity contribution in [2.45, 2.75) is 19.1 Å². The van der Waals surface area contributed by atoms with E-state index in [1.807, 2.05) is 0 Å². The maximum absolute atomic E-state index is 10.8. The van der Waals surface area contributed by atoms with Crippen LogP contribution in [0.5, 0.6) is 0 Å². The van der Waals surface area contributed by atoms with Crippen LogP contribution in [0.25, 0.3) is 0 Å². The summed E-state index contributed by atoms with van der Waals surface area (Å²) in [7, 11) is 0. The fourth-order valence-corrected chi connectivity index (χ4v) is 0.558. The van der Waals surface area contributed by atoms with E-state index in [-0.39, 0.29) is 6.61 Å². The van der Waals surface area contributed by atoms with Gasteiger partial charge in [0.15, 0.2) is 0 Å². The Bertz CT molecular complexity index is 213. The lowest BCUT2D eigenvalue weighted by molar-refractivity contribution is -0.168. The predicted molar refractivity (Wildman–Crippen MR) is 46.7 cm³/mol. The molecule has 0 aliphatic rings. The average molecular weight is 222 g/mol. The van der Waals surface area contributed by atoms with E-state index < -0.39 is 37.4 Å². The van der Waals surface area contributed by atoms with Crippen molar-refractivity contribution < 1.29 is 34.4 Å². The number of aliphatic hydroxyl groups is 3. The second kappa shape index (κ2) is 7.30. The van der Waals surface area contributed by atoms with E-state index in [4.69, 9.17) is 15.3 Å². The molecule has 0 saturated heterocycles. The lowest BCUT2D eigenvalue weighted by Crippen LogP contribution is -2.27. The summed E-state index contributed by atoms with van der Waals surface area (Å²) < 4.78 is 8.74. The van der Waals surface area contributed by atoms with Gasteiger partial charge in [-0.1, -0.05) is 0 Å². The van der Waals surface area contributed by atoms with Crippen LogP contribution in [0.1, 0.15) is 6.92 Å². The molecule has 0 aromatic heterocycles. The van der Waals surface area contributed by atoms with Crippen LogP contribution in [0.15, 0.2) is 0 Å². The van der Waals surface area contributed by atoms with Crippen molar-refractivity contribution >= 4 is 11.9 Å². The van der Waals surface area contributed by atoms with Crippen molar-refractivity contribution in [3.8, 4) is 0 Å². The molecule has 2 atom stereocenters. The van der Waals surface area contributed by atoms with Crippen LogP contribution in [-0.4, -0.2) is 59.3 Å². The molecule has 7 heteroatoms. The fraction of sp³-hybridized carbons (Fsp3) is 0.750. The standard InChI is InChI=1S/C8H14O7/c1-5(10)8(13)15-7(12)4-14-3-6(11)2-9/h5-6,9-11H,2-4H2,1H3. The van der Waals surface area contributed by atoms with Crippen LogP contribution in [0, 0.1) is 0 Å². The first-order chi connectivity index (χ1) is 6.97. The monoisotopic (exact) mass is 222 g/mol. The van der Waals surface area contributed by atoms with Crippen LogP contribution in [-0.2, 0) is 19.1 Å². The van der Waals surface area contributed by atoms with Crippen LogP contribution in [0.2, 0.25) is 0 Å². The molecule has 0 fully saturated rings. The Morgan fingerprint density at radius 3 is 2.40 bits per heavy atom. The molecule has 3 N–H and O–H groups in total. The molecule has 15 heavy (non-hydrogen) atoms. The van der Waals surface area contributed by atoms with Gasteiger partial charge in [-0.2, -0.15) is 0 Å². The van der Waals surface area contributed by atoms with E-state index in [0.717, 1.165) is 6.92 Å². The molecule has 0 aromatic rings. The Morgan fingerprint density at radius 2 is 1.93 bits per heavy atom. The number of hydrogen-bond donors (Lipinski definition) is 3. The zero-order valence-electron chi connectivity index (χ0n) is 8.25. The minimum atomic E-state index is -1.38. The second-order valence-corrected chi connectivity index (χ2v) is 2.82. The van der Waals surface area contributed by atoms with E-state index in [2.05, 4.69) is 9.47 Å². The third kappa shape index (κ3) is 6.97. The van der Waals surface area contributed by atoms with Crippen molar-refractivity contribution in [1.29, 1.82) is 0 Å². The molecule has 0 rings (SSSR count). The third-order valence-electron chi connectivity index (χ3n) is 1.30. The molecule has 88 valence electrons. The normalized spacial score (nSPS) is 14.4. The summed E-state index contributed by atoms with van der Waals surface area (Å²) in [6.45, 7) is -0.0996. The van der Waals surface area contributed by atoms with E-state index in [0.29, 0.717) is 0 Å². The summed E-state index contributed by atoms with van der Waals surface area (Å²) >= 11 is 0. The number of carbonyl (C=O) groups is 2. The van der Waals surface area contributed by atoms with Gasteiger partial charge < -0.3 is 24.8 Å². The minimum absolute atomic E-state index is 0.242. The topological polar surface area (TPSA) is 113 Å². The van der Waals surface area contributed by atoms with E-state index >= 15 is 0 Å². The first kappa shape index (κ1) is 14.0. The van der Waals surface area contributed by atoms with Crippen molar-refractivity contribution in [1.82, 2.24) is 0 Å². The molecule has 0 aliphatic heterocycles. The number of ether oxygens (including phenoxy) is 2. The van der Waals surface area contributed by atoms with Crippen LogP contribution < -0.4 is 0 Å². The smallest absolute Gasteiger partial charge is 0.342 e. The Labute approximate surface area is 86.2 Å². The first-order valence-electron chi connectivity index (χ1n) is 4.26. The van der Waals surface area contributed by atoms with Crippen molar-refractivity contribution in [3.63, 3.8) is 0 Å². The maximum atomic E-state index is 10.8. The Morgan fingerprint density at radius 1 is 1.33 bits per heavy atom. The lowest BCUT2D eigenvalue weighted by Gasteiger charge is -2.08. The molecule has 2 unspecified atom stereocenters. The highest BCUT2D eigenvalue weighted by atomic mass is 16.6. The molecule has 0 bridgehead atoms. The van der Waals surface area contributed by atoms with Gasteiger partial charge in [0, 0.05) is 0 Å². The summed E-state index contributed by atoms with van der Waals surface area (Å²) in [5.41, 5.74) is 0. The number of carbonyl (C=O) groups excluding carboxylic acids is 2. The third-order valence-corrected chi connectivity index (χ3v) is 1.30. The molecule has 0 aromatic carbocycles. The van der Waals surface area contributed by atoms with Gasteiger partial charge in [-0.3, -0.25) is 0 Å². The molecule has 0 aliphatic carbocycles. The summed E-state index contributed by atoms with van der Waals surface area (Å²) in [6.07, 6.45) is -2.46. The number of esters is 2. The summed E-state index contributed by atoms with van der Waals surface area (Å²) in [5, 5.41) is 25.9. The Balaban J connectivity index is 3.62. The SMILES string of the molecule is CC(O)C(=O)OC(=O)COCC(O)CO. The van der Waals surface area contributed by atoms with E-state index in [1.165, 1.54) is 0 Å². The number of rotatable bonds is 6. The van der Waals surface area contributed by atoms with E-state index in [9.17, 15) is 9.59 Å². The van der Waals surface area contributed by atoms with Crippen molar-refractivity contribution in [2.75, 3.05) is 19.8 Å². The summed E-state index contributed by atoms with van der Waals surface area (Å²) in [6, 6.07) is 0. The summed E-state index contributed by atoms with van der Waals surface area (Å²) in [5.74, 6) is -2.03. The second-order valence-electron chi connectivity index (χ2n) is 2.82. The van der Waals surface area contributed by atoms with Gasteiger partial charge in [-0.25, -0.2) is 9.59 Å². The molecule has 0 radical (unpaired) electrons. The van der Waals surface area contributed by atoms with Crippen LogP contribution in [0.3, 0.4) is 0 Å². The van der Waals surface area contributed by atoms with Crippen molar-refractivity contribution in [2.24, 2.45) is 0 Å². The van der Waals surface area contributed by atoms with Gasteiger partial charge in [0.1, 0.15) is 18.8 Å². The van der Waals surface area contributed by atoms with Gasteiger partial charge in [0.2, 0.25) is 0 Å². The van der Waals surface area contributed by atoms with Gasteiger partial charge in [-0.15, -0.1) is 0 Å². The highest BCUT2D eigenvalue weighted by molar-refractivity contribution is 5.88. The highest BCUT2D eigenvalue weighted by Gasteiger charge is 2.15. The molecule has 0 heterocycles. The Kier molecular flexibility index (Phi) is 6.80. The molecule has 0 amide bonds. The number of hydrogen-bond acceptors (Lipinski definition) is 7. The van der Waals surface area contributed by atoms with Crippen LogP contribution >= 0.6 is 0 Å². The van der Waals surface area contributed by atoms with E-state index in [1.54, 1.807) is 0 Å². The largest absolute Gasteiger partial charge is 0.394 e. The zero-order chi connectivity index (χ0) is 11.8. The Hall–Kier alpha value is -1.02. The van der Waals surface area contributed by atoms with Crippen LogP contribution in [0.4, 0.5) is 0 Å². The molecule has 7 nitrogen and oxygen atoms in total. The van der Waals surface area contributed by atoms with Gasteiger partial charge >= 0.3 is 11.9 Å². The zero-order valence-corrected chi connectivity index (χ0v) is 8.25. The van der Waals surface area contributed by atoms with Gasteiger partial charge in [-0.05, 0) is 6.92 Å². The maximum Gasteiger partial charge on any atom is 0.342 e. The lowest BCUT2D eigenvalue weighted by atomic mass is 10.4. The van der Waals surface area contributed by atoms with Gasteiger partial charge in [0.05, 0.1) is 13.2 Å². The molecule has 0 saturated carbocycles. The predicted octanol–water partition coefficient (Wildman–Crippen LogP) is -2.19. The average Bonchev–Trinajstić information content (AvgIpc) is 2.17. The minimum Gasteiger partial charge on any atom is -0.394 e. The molecular weight excluding hydrogens is 208 g/mol. The van der Waals surface area contributed by atoms with Crippen molar-refractivity contribution in [3.05, 3.63) is 0 Å². The van der Waals surface area contributed by atoms with Gasteiger partial charge in [0.25, 0.3) is 0 Å². The summed E-state index contributed by atoms with van der Waals surface area (Å²) in [4.78, 5) is 21.5. The molecular formula is C8H14O7. The first-order valence-corrected chi connectivity index (χ1v) is 4.26. The highest BCUT2D eigenvalue weighted by Crippen LogP contribution is 1.90. The quantitative estimate of drug-likeness (QED) is 0.345. The molecule has 0 spiro atoms. The number of aliphatic hydroxyl groups excluding tert-OH is 3.